The molecule has 0 aromatic rings. The minimum absolute atomic E-state index is 0.178. The van der Waals surface area contributed by atoms with Gasteiger partial charge in [0, 0.05) is 13.1 Å². The van der Waals surface area contributed by atoms with E-state index in [0.717, 1.165) is 19.3 Å². The minimum atomic E-state index is -1.54. The molecule has 1 fully saturated rings. The molecule has 0 saturated heterocycles. The lowest BCUT2D eigenvalue weighted by molar-refractivity contribution is -0.161. The molecule has 27 heavy (non-hydrogen) atoms. The van der Waals surface area contributed by atoms with Crippen LogP contribution in [0.3, 0.4) is 0 Å². The van der Waals surface area contributed by atoms with Crippen LogP contribution in [0.1, 0.15) is 52.9 Å². The molecule has 2 amide bonds. The number of hydrogen-bond acceptors (Lipinski definition) is 6. The van der Waals surface area contributed by atoms with Crippen LogP contribution in [0.5, 0.6) is 0 Å². The van der Waals surface area contributed by atoms with E-state index in [0.29, 0.717) is 19.5 Å². The summed E-state index contributed by atoms with van der Waals surface area (Å²) in [5.41, 5.74) is 5.54. The maximum absolute atomic E-state index is 12.7. The number of nitrogens with zero attached hydrogens (tertiary/aromatic N) is 1. The monoisotopic (exact) mass is 385 g/mol. The molecule has 1 aliphatic rings. The summed E-state index contributed by atoms with van der Waals surface area (Å²) in [6.07, 6.45) is 2.74. The van der Waals surface area contributed by atoms with Gasteiger partial charge in [-0.1, -0.05) is 13.3 Å². The fourth-order valence-electron chi connectivity index (χ4n) is 3.14. The molecule has 4 atom stereocenters. The van der Waals surface area contributed by atoms with Crippen molar-refractivity contribution < 1.29 is 29.0 Å². The van der Waals surface area contributed by atoms with Gasteiger partial charge < -0.3 is 25.8 Å². The molecular formula is C18H31N3O6. The van der Waals surface area contributed by atoms with E-state index in [-0.39, 0.29) is 12.0 Å². The van der Waals surface area contributed by atoms with Gasteiger partial charge in [-0.05, 0) is 39.0 Å². The Morgan fingerprint density at radius 2 is 1.78 bits per heavy atom. The highest BCUT2D eigenvalue weighted by molar-refractivity contribution is 6.05. The molecule has 9 nitrogen and oxygen atoms in total. The predicted molar refractivity (Wildman–Crippen MR) is 97.6 cm³/mol. The lowest BCUT2D eigenvalue weighted by Crippen LogP contribution is -2.57. The molecule has 4 N–H and O–H groups in total. The highest BCUT2D eigenvalue weighted by Gasteiger charge is 2.36. The molecule has 0 aromatic carbocycles. The van der Waals surface area contributed by atoms with Crippen LogP contribution in [0, 0.1) is 5.92 Å². The second-order valence-electron chi connectivity index (χ2n) is 6.89. The first-order chi connectivity index (χ1) is 12.7. The Bertz CT molecular complexity index is 549. The lowest BCUT2D eigenvalue weighted by atomic mass is 9.88. The van der Waals surface area contributed by atoms with Gasteiger partial charge in [0.05, 0.1) is 12.5 Å². The number of rotatable bonds is 9. The number of carboxylic acid groups (broad SMARTS) is 1. The van der Waals surface area contributed by atoms with Crippen molar-refractivity contribution in [1.82, 2.24) is 10.2 Å². The number of likely N-dealkylation sites (N-methyl/N-ethyl adjacent to an activating group) is 1. The quantitative estimate of drug-likeness (QED) is 0.382. The second kappa shape index (κ2) is 10.9. The molecule has 9 heteroatoms. The SMILES string of the molecule is CCN(CC)C(=O)C(NC(=O)[C@@H](N)CC(=O)O)C(=O)OC1CCCCC1C. The van der Waals surface area contributed by atoms with Crippen LogP contribution in [-0.2, 0) is 23.9 Å². The molecular weight excluding hydrogens is 354 g/mol. The predicted octanol–water partition coefficient (Wildman–Crippen LogP) is 0.264. The smallest absolute Gasteiger partial charge is 0.338 e. The van der Waals surface area contributed by atoms with Crippen molar-refractivity contribution >= 4 is 23.8 Å². The van der Waals surface area contributed by atoms with Crippen LogP contribution in [0.2, 0.25) is 0 Å². The molecule has 0 aliphatic heterocycles. The average Bonchev–Trinajstić information content (AvgIpc) is 2.61. The van der Waals surface area contributed by atoms with Crippen LogP contribution in [0.15, 0.2) is 0 Å². The fraction of sp³-hybridized carbons (Fsp3) is 0.778. The molecule has 1 aliphatic carbocycles. The Labute approximate surface area is 159 Å². The highest BCUT2D eigenvalue weighted by atomic mass is 16.5. The van der Waals surface area contributed by atoms with Gasteiger partial charge in [0.25, 0.3) is 5.91 Å². The summed E-state index contributed by atoms with van der Waals surface area (Å²) in [4.78, 5) is 49.7. The minimum Gasteiger partial charge on any atom is -0.481 e. The first-order valence-electron chi connectivity index (χ1n) is 9.48. The van der Waals surface area contributed by atoms with Crippen molar-refractivity contribution in [2.45, 2.75) is 71.1 Å². The van der Waals surface area contributed by atoms with E-state index in [2.05, 4.69) is 5.32 Å². The number of ether oxygens (including phenoxy) is 1. The topological polar surface area (TPSA) is 139 Å². The zero-order chi connectivity index (χ0) is 20.6. The molecule has 0 spiro atoms. The standard InChI is InChI=1S/C18H31N3O6/c1-4-21(5-2)17(25)15(20-16(24)12(19)10-14(22)23)18(26)27-13-9-7-6-8-11(13)3/h11-13,15H,4-10,19H2,1-3H3,(H,20,24)(H,22,23)/t11?,12-,13?,15?/m0/s1. The van der Waals surface area contributed by atoms with Crippen LogP contribution in [0.4, 0.5) is 0 Å². The summed E-state index contributed by atoms with van der Waals surface area (Å²) in [6, 6.07) is -2.90. The zero-order valence-corrected chi connectivity index (χ0v) is 16.3. The van der Waals surface area contributed by atoms with Crippen molar-refractivity contribution in [3.8, 4) is 0 Å². The number of hydrogen-bond donors (Lipinski definition) is 3. The number of nitrogens with two attached hydrogens (primary N) is 1. The molecule has 1 saturated carbocycles. The highest BCUT2D eigenvalue weighted by Crippen LogP contribution is 2.26. The molecule has 0 bridgehead atoms. The van der Waals surface area contributed by atoms with Crippen molar-refractivity contribution in [3.05, 3.63) is 0 Å². The maximum Gasteiger partial charge on any atom is 0.338 e. The van der Waals surface area contributed by atoms with E-state index in [1.807, 2.05) is 6.92 Å². The normalized spacial score (nSPS) is 21.6. The summed E-state index contributed by atoms with van der Waals surface area (Å²) in [6.45, 7) is 6.21. The van der Waals surface area contributed by atoms with Crippen molar-refractivity contribution in [1.29, 1.82) is 0 Å². The van der Waals surface area contributed by atoms with Crippen LogP contribution < -0.4 is 11.1 Å². The van der Waals surface area contributed by atoms with E-state index in [4.69, 9.17) is 15.6 Å². The number of amides is 2. The molecule has 1 rings (SSSR count). The first-order valence-corrected chi connectivity index (χ1v) is 9.48. The molecule has 0 heterocycles. The zero-order valence-electron chi connectivity index (χ0n) is 16.3. The van der Waals surface area contributed by atoms with E-state index < -0.39 is 42.3 Å². The Balaban J connectivity index is 2.92. The third-order valence-corrected chi connectivity index (χ3v) is 4.88. The van der Waals surface area contributed by atoms with Crippen LogP contribution >= 0.6 is 0 Å². The Morgan fingerprint density at radius 3 is 2.30 bits per heavy atom. The van der Waals surface area contributed by atoms with Gasteiger partial charge in [-0.2, -0.15) is 0 Å². The van der Waals surface area contributed by atoms with Crippen molar-refractivity contribution in [2.75, 3.05) is 13.1 Å². The number of nitrogens with one attached hydrogen (secondary N) is 1. The van der Waals surface area contributed by atoms with Gasteiger partial charge in [0.15, 0.2) is 0 Å². The van der Waals surface area contributed by atoms with Crippen molar-refractivity contribution in [3.63, 3.8) is 0 Å². The molecule has 3 unspecified atom stereocenters. The Morgan fingerprint density at radius 1 is 1.19 bits per heavy atom. The van der Waals surface area contributed by atoms with Gasteiger partial charge in [0.2, 0.25) is 11.9 Å². The van der Waals surface area contributed by atoms with E-state index in [1.54, 1.807) is 13.8 Å². The number of carbonyl (C=O) groups excluding carboxylic acids is 3. The number of aliphatic carboxylic acids is 1. The Kier molecular flexibility index (Phi) is 9.20. The molecule has 0 aromatic heterocycles. The van der Waals surface area contributed by atoms with E-state index in [1.165, 1.54) is 4.90 Å². The van der Waals surface area contributed by atoms with Gasteiger partial charge >= 0.3 is 11.9 Å². The van der Waals surface area contributed by atoms with Crippen LogP contribution in [0.25, 0.3) is 0 Å². The third-order valence-electron chi connectivity index (χ3n) is 4.88. The lowest BCUT2D eigenvalue weighted by Gasteiger charge is -2.31. The van der Waals surface area contributed by atoms with Gasteiger partial charge in [-0.25, -0.2) is 4.79 Å². The van der Waals surface area contributed by atoms with Gasteiger partial charge in [0.1, 0.15) is 6.10 Å². The summed E-state index contributed by atoms with van der Waals surface area (Å²) < 4.78 is 5.53. The summed E-state index contributed by atoms with van der Waals surface area (Å²) in [5, 5.41) is 11.1. The molecule has 0 radical (unpaired) electrons. The van der Waals surface area contributed by atoms with Gasteiger partial charge in [-0.3, -0.25) is 14.4 Å². The average molecular weight is 385 g/mol. The van der Waals surface area contributed by atoms with Crippen molar-refractivity contribution in [2.24, 2.45) is 11.7 Å². The number of carbonyl (C=O) groups is 4. The fourth-order valence-corrected chi connectivity index (χ4v) is 3.14. The second-order valence-corrected chi connectivity index (χ2v) is 6.89. The summed E-state index contributed by atoms with van der Waals surface area (Å²) in [7, 11) is 0. The summed E-state index contributed by atoms with van der Waals surface area (Å²) in [5.74, 6) is -3.37. The maximum atomic E-state index is 12.7. The van der Waals surface area contributed by atoms with Gasteiger partial charge in [-0.15, -0.1) is 0 Å². The Hall–Kier alpha value is -2.16. The van der Waals surface area contributed by atoms with E-state index in [9.17, 15) is 19.2 Å². The third kappa shape index (κ3) is 6.82. The number of esters is 1. The molecule has 154 valence electrons. The largest absolute Gasteiger partial charge is 0.481 e. The number of carboxylic acids is 1. The van der Waals surface area contributed by atoms with Crippen LogP contribution in [-0.4, -0.2) is 65.0 Å². The first kappa shape index (κ1) is 22.9. The van der Waals surface area contributed by atoms with E-state index >= 15 is 0 Å². The summed E-state index contributed by atoms with van der Waals surface area (Å²) >= 11 is 0.